The zero-order valence-corrected chi connectivity index (χ0v) is 12.8. The highest BCUT2D eigenvalue weighted by atomic mass is 16.3. The van der Waals surface area contributed by atoms with Crippen molar-refractivity contribution in [3.8, 4) is 0 Å². The summed E-state index contributed by atoms with van der Waals surface area (Å²) in [6.07, 6.45) is 8.15. The maximum Gasteiger partial charge on any atom is 0.101 e. The van der Waals surface area contributed by atoms with Gasteiger partial charge in [0.2, 0.25) is 0 Å². The van der Waals surface area contributed by atoms with Crippen molar-refractivity contribution in [2.24, 2.45) is 0 Å². The Hall–Kier alpha value is -0.720. The van der Waals surface area contributed by atoms with Crippen LogP contribution in [0, 0.1) is 13.8 Å². The molecule has 0 aliphatic carbocycles. The molecule has 0 atom stereocenters. The summed E-state index contributed by atoms with van der Waals surface area (Å²) in [5.74, 6) is 1.97. The Morgan fingerprint density at radius 3 is 1.06 bits per heavy atom. The third-order valence-electron chi connectivity index (χ3n) is 2.29. The van der Waals surface area contributed by atoms with E-state index in [1.54, 1.807) is 0 Å². The number of furan rings is 1. The van der Waals surface area contributed by atoms with E-state index < -0.39 is 0 Å². The Kier molecular flexibility index (Phi) is 16.8. The largest absolute Gasteiger partial charge is 0.467 e. The second-order valence-electron chi connectivity index (χ2n) is 4.36. The molecule has 0 bridgehead atoms. The van der Waals surface area contributed by atoms with Gasteiger partial charge in [-0.1, -0.05) is 66.2 Å². The Bertz CT molecular complexity index is 199. The van der Waals surface area contributed by atoms with Crippen molar-refractivity contribution in [3.63, 3.8) is 0 Å². The number of unbranched alkanes of at least 4 members (excludes halogenated alkanes) is 4. The monoisotopic (exact) mass is 240 g/mol. The van der Waals surface area contributed by atoms with E-state index in [0.717, 1.165) is 11.5 Å². The molecule has 102 valence electrons. The lowest BCUT2D eigenvalue weighted by molar-refractivity contribution is 0.504. The SMILES string of the molecule is CCCCC.CCCCC.Cc1ccc(C)o1. The quantitative estimate of drug-likeness (QED) is 0.602. The standard InChI is InChI=1S/C6H8O.2C5H12/c1-5-3-4-6(2)7-5;2*1-3-5-4-2/h3-4H,1-2H3;2*3-5H2,1-2H3. The van der Waals surface area contributed by atoms with Crippen molar-refractivity contribution in [2.45, 2.75) is 80.1 Å². The Balaban J connectivity index is 0. The van der Waals surface area contributed by atoms with Crippen LogP contribution in [-0.4, -0.2) is 0 Å². The molecule has 17 heavy (non-hydrogen) atoms. The predicted octanol–water partition coefficient (Wildman–Crippen LogP) is 6.29. The summed E-state index contributed by atoms with van der Waals surface area (Å²) in [5.41, 5.74) is 0. The van der Waals surface area contributed by atoms with Gasteiger partial charge in [-0.25, -0.2) is 0 Å². The molecular weight excluding hydrogens is 208 g/mol. The first kappa shape index (κ1) is 18.6. The Morgan fingerprint density at radius 2 is 1.00 bits per heavy atom. The van der Waals surface area contributed by atoms with Crippen molar-refractivity contribution in [2.75, 3.05) is 0 Å². The molecule has 1 rings (SSSR count). The van der Waals surface area contributed by atoms with E-state index in [1.165, 1.54) is 38.5 Å². The average molecular weight is 240 g/mol. The predicted molar refractivity (Wildman–Crippen MR) is 78.6 cm³/mol. The Labute approximate surface area is 109 Å². The van der Waals surface area contributed by atoms with E-state index >= 15 is 0 Å². The van der Waals surface area contributed by atoms with E-state index in [9.17, 15) is 0 Å². The molecule has 0 saturated carbocycles. The minimum Gasteiger partial charge on any atom is -0.467 e. The fraction of sp³-hybridized carbons (Fsp3) is 0.750. The molecule has 0 aliphatic rings. The van der Waals surface area contributed by atoms with Gasteiger partial charge < -0.3 is 4.42 Å². The van der Waals surface area contributed by atoms with Crippen molar-refractivity contribution in [3.05, 3.63) is 23.7 Å². The zero-order chi connectivity index (χ0) is 13.5. The highest BCUT2D eigenvalue weighted by molar-refractivity contribution is 5.02. The molecule has 1 heterocycles. The average Bonchev–Trinajstić information content (AvgIpc) is 2.66. The van der Waals surface area contributed by atoms with Gasteiger partial charge in [-0.2, -0.15) is 0 Å². The zero-order valence-electron chi connectivity index (χ0n) is 12.8. The molecule has 0 aromatic carbocycles. The maximum absolute atomic E-state index is 5.08. The summed E-state index contributed by atoms with van der Waals surface area (Å²) >= 11 is 0. The van der Waals surface area contributed by atoms with Crippen molar-refractivity contribution in [1.29, 1.82) is 0 Å². The molecule has 0 fully saturated rings. The van der Waals surface area contributed by atoms with Gasteiger partial charge in [0.25, 0.3) is 0 Å². The van der Waals surface area contributed by atoms with Crippen molar-refractivity contribution < 1.29 is 4.42 Å². The smallest absolute Gasteiger partial charge is 0.101 e. The Morgan fingerprint density at radius 1 is 0.706 bits per heavy atom. The van der Waals surface area contributed by atoms with Crippen LogP contribution in [0.5, 0.6) is 0 Å². The molecule has 1 heteroatoms. The molecule has 0 aliphatic heterocycles. The first-order valence-corrected chi connectivity index (χ1v) is 7.15. The highest BCUT2D eigenvalue weighted by Gasteiger charge is 1.85. The lowest BCUT2D eigenvalue weighted by Gasteiger charge is -1.79. The van der Waals surface area contributed by atoms with Crippen molar-refractivity contribution in [1.82, 2.24) is 0 Å². The molecule has 0 radical (unpaired) electrons. The third kappa shape index (κ3) is 17.9. The topological polar surface area (TPSA) is 13.1 Å². The fourth-order valence-electron chi connectivity index (χ4n) is 1.26. The van der Waals surface area contributed by atoms with Crippen LogP contribution < -0.4 is 0 Å². The minimum atomic E-state index is 0.984. The summed E-state index contributed by atoms with van der Waals surface area (Å²) in [7, 11) is 0. The van der Waals surface area contributed by atoms with E-state index in [4.69, 9.17) is 4.42 Å². The summed E-state index contributed by atoms with van der Waals surface area (Å²) in [6.45, 7) is 12.7. The molecular formula is C16H32O. The highest BCUT2D eigenvalue weighted by Crippen LogP contribution is 2.02. The van der Waals surface area contributed by atoms with Crippen LogP contribution >= 0.6 is 0 Å². The van der Waals surface area contributed by atoms with Gasteiger partial charge in [-0.15, -0.1) is 0 Å². The van der Waals surface area contributed by atoms with Crippen LogP contribution in [0.15, 0.2) is 16.5 Å². The van der Waals surface area contributed by atoms with Gasteiger partial charge in [0, 0.05) is 0 Å². The van der Waals surface area contributed by atoms with Crippen LogP contribution in [0.25, 0.3) is 0 Å². The summed E-state index contributed by atoms with van der Waals surface area (Å²) < 4.78 is 5.08. The molecule has 0 spiro atoms. The van der Waals surface area contributed by atoms with Crippen molar-refractivity contribution >= 4 is 0 Å². The molecule has 1 nitrogen and oxygen atoms in total. The second kappa shape index (κ2) is 15.3. The van der Waals surface area contributed by atoms with Crippen LogP contribution in [-0.2, 0) is 0 Å². The van der Waals surface area contributed by atoms with E-state index in [0.29, 0.717) is 0 Å². The van der Waals surface area contributed by atoms with E-state index in [1.807, 2.05) is 26.0 Å². The number of rotatable bonds is 4. The molecule has 0 saturated heterocycles. The first-order valence-electron chi connectivity index (χ1n) is 7.15. The molecule has 1 aromatic heterocycles. The van der Waals surface area contributed by atoms with Gasteiger partial charge in [-0.3, -0.25) is 0 Å². The van der Waals surface area contributed by atoms with Gasteiger partial charge >= 0.3 is 0 Å². The van der Waals surface area contributed by atoms with Gasteiger partial charge in [0.05, 0.1) is 0 Å². The summed E-state index contributed by atoms with van der Waals surface area (Å²) in [5, 5.41) is 0. The van der Waals surface area contributed by atoms with Gasteiger partial charge in [0.1, 0.15) is 11.5 Å². The third-order valence-corrected chi connectivity index (χ3v) is 2.29. The first-order chi connectivity index (χ1) is 8.12. The summed E-state index contributed by atoms with van der Waals surface area (Å²) in [6, 6.07) is 3.91. The van der Waals surface area contributed by atoms with Gasteiger partial charge in [0.15, 0.2) is 0 Å². The lowest BCUT2D eigenvalue weighted by Crippen LogP contribution is -1.59. The summed E-state index contributed by atoms with van der Waals surface area (Å²) in [4.78, 5) is 0. The number of hydrogen-bond donors (Lipinski definition) is 0. The molecule has 0 unspecified atom stereocenters. The minimum absolute atomic E-state index is 0.984. The number of hydrogen-bond acceptors (Lipinski definition) is 1. The maximum atomic E-state index is 5.08. The van der Waals surface area contributed by atoms with E-state index in [2.05, 4.69) is 27.7 Å². The molecule has 0 N–H and O–H groups in total. The number of aryl methyl sites for hydroxylation is 2. The van der Waals surface area contributed by atoms with Gasteiger partial charge in [-0.05, 0) is 26.0 Å². The lowest BCUT2D eigenvalue weighted by atomic mass is 10.3. The van der Waals surface area contributed by atoms with E-state index in [-0.39, 0.29) is 0 Å². The van der Waals surface area contributed by atoms with Crippen LogP contribution in [0.4, 0.5) is 0 Å². The fourth-order valence-corrected chi connectivity index (χ4v) is 1.26. The van der Waals surface area contributed by atoms with Crippen LogP contribution in [0.2, 0.25) is 0 Å². The second-order valence-corrected chi connectivity index (χ2v) is 4.36. The molecule has 1 aromatic rings. The molecule has 0 amide bonds. The normalized spacial score (nSPS) is 8.82. The van der Waals surface area contributed by atoms with Crippen LogP contribution in [0.3, 0.4) is 0 Å². The van der Waals surface area contributed by atoms with Crippen LogP contribution in [0.1, 0.15) is 77.7 Å².